The second-order valence-electron chi connectivity index (χ2n) is 7.30. The number of nitrogens with two attached hydrogens (primary N) is 1. The molecular formula is C22H34N4O7. The van der Waals surface area contributed by atoms with Crippen LogP contribution in [0, 0.1) is 0 Å². The Hall–Kier alpha value is -2.86. The summed E-state index contributed by atoms with van der Waals surface area (Å²) in [5.74, 6) is 5.31. The number of ether oxygens (including phenoxy) is 2. The number of hydrogen-bond acceptors (Lipinski definition) is 10. The van der Waals surface area contributed by atoms with Crippen LogP contribution < -0.4 is 21.7 Å². The number of nitrogens with zero attached hydrogens (tertiary/aromatic N) is 3. The van der Waals surface area contributed by atoms with E-state index in [9.17, 15) is 14.7 Å². The van der Waals surface area contributed by atoms with E-state index in [0.29, 0.717) is 37.5 Å². The molecule has 11 nitrogen and oxygen atoms in total. The maximum absolute atomic E-state index is 11.3. The van der Waals surface area contributed by atoms with E-state index < -0.39 is 0 Å². The Morgan fingerprint density at radius 3 is 1.94 bits per heavy atom. The van der Waals surface area contributed by atoms with Crippen molar-refractivity contribution in [1.82, 2.24) is 9.69 Å². The fourth-order valence-corrected chi connectivity index (χ4v) is 3.20. The lowest BCUT2D eigenvalue weighted by atomic mass is 10.2. The van der Waals surface area contributed by atoms with Crippen LogP contribution in [-0.4, -0.2) is 72.5 Å². The SMILES string of the molecule is CCc1c(O)c(=O)ccn1N1CCOCC1.CCc1occc(=O)c1O.NN1CCOCC1. The average molecular weight is 467 g/mol. The van der Waals surface area contributed by atoms with Crippen molar-refractivity contribution in [3.8, 4) is 11.5 Å². The van der Waals surface area contributed by atoms with Crippen molar-refractivity contribution in [3.63, 3.8) is 0 Å². The van der Waals surface area contributed by atoms with Gasteiger partial charge in [0.2, 0.25) is 16.6 Å². The van der Waals surface area contributed by atoms with Crippen LogP contribution >= 0.6 is 0 Å². The van der Waals surface area contributed by atoms with Crippen molar-refractivity contribution in [3.05, 3.63) is 56.5 Å². The highest BCUT2D eigenvalue weighted by molar-refractivity contribution is 5.28. The lowest BCUT2D eigenvalue weighted by molar-refractivity contribution is 0.0378. The Kier molecular flexibility index (Phi) is 10.9. The van der Waals surface area contributed by atoms with Gasteiger partial charge in [0, 0.05) is 37.8 Å². The van der Waals surface area contributed by atoms with E-state index in [1.807, 2.05) is 11.6 Å². The molecule has 2 aromatic heterocycles. The van der Waals surface area contributed by atoms with Crippen LogP contribution in [0.2, 0.25) is 0 Å². The largest absolute Gasteiger partial charge is 0.503 e. The fourth-order valence-electron chi connectivity index (χ4n) is 3.20. The Morgan fingerprint density at radius 2 is 1.45 bits per heavy atom. The van der Waals surface area contributed by atoms with Gasteiger partial charge >= 0.3 is 0 Å². The van der Waals surface area contributed by atoms with Crippen LogP contribution in [0.4, 0.5) is 0 Å². The molecular weight excluding hydrogens is 432 g/mol. The summed E-state index contributed by atoms with van der Waals surface area (Å²) in [4.78, 5) is 22.0. The van der Waals surface area contributed by atoms with Crippen LogP contribution in [0.5, 0.6) is 11.5 Å². The van der Waals surface area contributed by atoms with Gasteiger partial charge in [-0.1, -0.05) is 13.8 Å². The van der Waals surface area contributed by atoms with Crippen molar-refractivity contribution < 1.29 is 24.1 Å². The first-order valence-electron chi connectivity index (χ1n) is 11.0. The fraction of sp³-hybridized carbons (Fsp3) is 0.545. The smallest absolute Gasteiger partial charge is 0.226 e. The molecule has 0 bridgehead atoms. The topological polar surface area (TPSA) is 144 Å². The molecule has 0 amide bonds. The normalized spacial score (nSPS) is 16.3. The summed E-state index contributed by atoms with van der Waals surface area (Å²) in [6, 6.07) is 2.58. The summed E-state index contributed by atoms with van der Waals surface area (Å²) in [6.07, 6.45) is 4.15. The maximum atomic E-state index is 11.3. The number of morpholine rings is 2. The summed E-state index contributed by atoms with van der Waals surface area (Å²) >= 11 is 0. The molecule has 2 aromatic rings. The van der Waals surface area contributed by atoms with Crippen molar-refractivity contribution in [2.45, 2.75) is 26.7 Å². The zero-order chi connectivity index (χ0) is 24.2. The summed E-state index contributed by atoms with van der Waals surface area (Å²) in [5, 5.41) is 22.5. The molecule has 0 spiro atoms. The van der Waals surface area contributed by atoms with Crippen molar-refractivity contribution in [2.75, 3.05) is 57.6 Å². The monoisotopic (exact) mass is 466 g/mol. The standard InChI is InChI=1S/C11H16N2O3.C7H8O3.C4H10N2O/c1-2-9-11(15)10(14)3-4-13(9)12-5-7-16-8-6-12;1-2-6-7(9)5(8)3-4-10-6;5-6-1-3-7-4-2-6/h3-4,15H,2,5-8H2,1H3;3-4,9H,2H2,1H3;1-5H2. The molecule has 184 valence electrons. The van der Waals surface area contributed by atoms with Crippen molar-refractivity contribution in [2.24, 2.45) is 5.84 Å². The predicted octanol–water partition coefficient (Wildman–Crippen LogP) is 0.185. The Labute approximate surface area is 192 Å². The van der Waals surface area contributed by atoms with E-state index in [-0.39, 0.29) is 22.4 Å². The zero-order valence-corrected chi connectivity index (χ0v) is 19.2. The second-order valence-corrected chi connectivity index (χ2v) is 7.30. The number of aromatic hydroxyl groups is 2. The van der Waals surface area contributed by atoms with Gasteiger partial charge in [0.1, 0.15) is 5.76 Å². The molecule has 2 fully saturated rings. The number of aromatic nitrogens is 1. The molecule has 0 unspecified atom stereocenters. The zero-order valence-electron chi connectivity index (χ0n) is 19.2. The van der Waals surface area contributed by atoms with Gasteiger partial charge in [0.15, 0.2) is 5.75 Å². The van der Waals surface area contributed by atoms with E-state index in [1.165, 1.54) is 18.4 Å². The highest BCUT2D eigenvalue weighted by atomic mass is 16.5. The van der Waals surface area contributed by atoms with Crippen LogP contribution in [0.15, 0.2) is 38.6 Å². The minimum Gasteiger partial charge on any atom is -0.503 e. The molecule has 2 saturated heterocycles. The number of rotatable bonds is 3. The Balaban J connectivity index is 0.000000193. The summed E-state index contributed by atoms with van der Waals surface area (Å²) < 4.78 is 17.0. The minimum atomic E-state index is -0.386. The quantitative estimate of drug-likeness (QED) is 0.536. The third kappa shape index (κ3) is 7.90. The molecule has 4 N–H and O–H groups in total. The number of pyridine rings is 1. The molecule has 0 radical (unpaired) electrons. The van der Waals surface area contributed by atoms with Crippen molar-refractivity contribution >= 4 is 0 Å². The van der Waals surface area contributed by atoms with Gasteiger partial charge in [-0.25, -0.2) is 5.01 Å². The van der Waals surface area contributed by atoms with Gasteiger partial charge in [0.05, 0.1) is 51.5 Å². The molecule has 0 aliphatic carbocycles. The van der Waals surface area contributed by atoms with Crippen LogP contribution in [0.25, 0.3) is 0 Å². The molecule has 4 heterocycles. The first kappa shape index (κ1) is 26.4. The molecule has 33 heavy (non-hydrogen) atoms. The van der Waals surface area contributed by atoms with Crippen molar-refractivity contribution in [1.29, 1.82) is 0 Å². The molecule has 0 saturated carbocycles. The predicted molar refractivity (Wildman–Crippen MR) is 123 cm³/mol. The van der Waals surface area contributed by atoms with E-state index >= 15 is 0 Å². The third-order valence-electron chi connectivity index (χ3n) is 5.07. The van der Waals surface area contributed by atoms with Gasteiger partial charge in [-0.3, -0.25) is 20.1 Å². The number of hydrogen-bond donors (Lipinski definition) is 3. The summed E-state index contributed by atoms with van der Waals surface area (Å²) in [5.41, 5.74) is -0.0427. The number of hydrazine groups is 1. The van der Waals surface area contributed by atoms with Gasteiger partial charge in [-0.05, 0) is 6.42 Å². The number of aryl methyl sites for hydroxylation is 1. The average Bonchev–Trinajstić information content (AvgIpc) is 2.84. The van der Waals surface area contributed by atoms with Gasteiger partial charge < -0.3 is 29.1 Å². The van der Waals surface area contributed by atoms with Crippen LogP contribution in [0.3, 0.4) is 0 Å². The minimum absolute atomic E-state index is 0.142. The molecule has 2 aliphatic rings. The molecule has 4 rings (SSSR count). The van der Waals surface area contributed by atoms with E-state index in [1.54, 1.807) is 18.1 Å². The molecule has 0 atom stereocenters. The van der Waals surface area contributed by atoms with Gasteiger partial charge in [0.25, 0.3) is 0 Å². The summed E-state index contributed by atoms with van der Waals surface area (Å²) in [6.45, 7) is 9.95. The van der Waals surface area contributed by atoms with E-state index in [0.717, 1.165) is 39.4 Å². The van der Waals surface area contributed by atoms with Gasteiger partial charge in [-0.2, -0.15) is 0 Å². The first-order valence-corrected chi connectivity index (χ1v) is 11.0. The Bertz CT molecular complexity index is 964. The van der Waals surface area contributed by atoms with E-state index in [4.69, 9.17) is 24.8 Å². The lowest BCUT2D eigenvalue weighted by Crippen LogP contribution is -2.45. The maximum Gasteiger partial charge on any atom is 0.226 e. The van der Waals surface area contributed by atoms with Crippen LogP contribution in [0.1, 0.15) is 25.3 Å². The van der Waals surface area contributed by atoms with Crippen LogP contribution in [-0.2, 0) is 22.3 Å². The lowest BCUT2D eigenvalue weighted by Gasteiger charge is -2.32. The molecule has 2 aliphatic heterocycles. The second kappa shape index (κ2) is 13.6. The highest BCUT2D eigenvalue weighted by Gasteiger charge is 2.15. The third-order valence-corrected chi connectivity index (χ3v) is 5.07. The van der Waals surface area contributed by atoms with Gasteiger partial charge in [-0.15, -0.1) is 0 Å². The van der Waals surface area contributed by atoms with E-state index in [2.05, 4.69) is 5.01 Å². The molecule has 11 heteroatoms. The molecule has 0 aromatic carbocycles. The highest BCUT2D eigenvalue weighted by Crippen LogP contribution is 2.13. The summed E-state index contributed by atoms with van der Waals surface area (Å²) in [7, 11) is 0. The Morgan fingerprint density at radius 1 is 0.879 bits per heavy atom. The first-order chi connectivity index (χ1) is 15.9.